The third-order valence-electron chi connectivity index (χ3n) is 4.14. The van der Waals surface area contributed by atoms with Gasteiger partial charge in [0.2, 0.25) is 0 Å². The minimum absolute atomic E-state index is 0.0780. The molecule has 2 amide bonds. The first-order valence-electron chi connectivity index (χ1n) is 9.10. The van der Waals surface area contributed by atoms with Gasteiger partial charge in [0.25, 0.3) is 11.8 Å². The molecule has 154 valence electrons. The highest BCUT2D eigenvalue weighted by Crippen LogP contribution is 2.23. The van der Waals surface area contributed by atoms with Crippen LogP contribution in [0.5, 0.6) is 0 Å². The maximum atomic E-state index is 12.4. The highest BCUT2D eigenvalue weighted by Gasteiger charge is 2.18. The molecule has 8 heteroatoms. The third kappa shape index (κ3) is 5.96. The number of esters is 1. The van der Waals surface area contributed by atoms with Gasteiger partial charge in [0, 0.05) is 5.02 Å². The van der Waals surface area contributed by atoms with E-state index in [-0.39, 0.29) is 12.3 Å². The minimum atomic E-state index is -0.743. The van der Waals surface area contributed by atoms with Gasteiger partial charge in [-0.15, -0.1) is 0 Å². The Kier molecular flexibility index (Phi) is 7.24. The lowest BCUT2D eigenvalue weighted by Gasteiger charge is -2.20. The van der Waals surface area contributed by atoms with E-state index in [2.05, 4.69) is 10.6 Å². The van der Waals surface area contributed by atoms with E-state index in [1.807, 2.05) is 42.5 Å². The van der Waals surface area contributed by atoms with E-state index in [4.69, 9.17) is 20.8 Å². The summed E-state index contributed by atoms with van der Waals surface area (Å²) in [5.74, 6) is -1.69. The van der Waals surface area contributed by atoms with Crippen LogP contribution in [-0.4, -0.2) is 30.9 Å². The molecule has 0 saturated carbocycles. The first kappa shape index (κ1) is 21.1. The molecule has 2 aromatic carbocycles. The van der Waals surface area contributed by atoms with Gasteiger partial charge in [0.05, 0.1) is 12.3 Å². The maximum absolute atomic E-state index is 12.4. The van der Waals surface area contributed by atoms with Crippen molar-refractivity contribution in [1.29, 1.82) is 0 Å². The number of ether oxygens (including phenoxy) is 1. The van der Waals surface area contributed by atoms with Gasteiger partial charge in [-0.05, 0) is 35.4 Å². The van der Waals surface area contributed by atoms with Crippen LogP contribution in [0.2, 0.25) is 5.02 Å². The van der Waals surface area contributed by atoms with Gasteiger partial charge in [0.15, 0.2) is 12.4 Å². The zero-order chi connectivity index (χ0) is 21.3. The second-order valence-electron chi connectivity index (χ2n) is 6.28. The van der Waals surface area contributed by atoms with Crippen molar-refractivity contribution in [2.45, 2.75) is 6.04 Å². The molecule has 0 saturated heterocycles. The topological polar surface area (TPSA) is 97.6 Å². The summed E-state index contributed by atoms with van der Waals surface area (Å²) in [6.07, 6.45) is 1.35. The first-order chi connectivity index (χ1) is 14.5. The van der Waals surface area contributed by atoms with E-state index >= 15 is 0 Å². The van der Waals surface area contributed by atoms with E-state index in [0.717, 1.165) is 11.1 Å². The van der Waals surface area contributed by atoms with Gasteiger partial charge in [0.1, 0.15) is 6.54 Å². The second-order valence-corrected chi connectivity index (χ2v) is 6.72. The Morgan fingerprint density at radius 3 is 2.30 bits per heavy atom. The number of benzene rings is 2. The van der Waals surface area contributed by atoms with E-state index in [9.17, 15) is 14.4 Å². The van der Waals surface area contributed by atoms with Crippen molar-refractivity contribution in [3.05, 3.63) is 94.9 Å². The molecule has 7 nitrogen and oxygen atoms in total. The number of hydrogen-bond donors (Lipinski definition) is 2. The largest absolute Gasteiger partial charge is 0.459 e. The van der Waals surface area contributed by atoms with Crippen LogP contribution >= 0.6 is 11.6 Å². The van der Waals surface area contributed by atoms with Crippen LogP contribution in [-0.2, 0) is 14.3 Å². The summed E-state index contributed by atoms with van der Waals surface area (Å²) in [5.41, 5.74) is 1.70. The van der Waals surface area contributed by atoms with Crippen LogP contribution < -0.4 is 10.6 Å². The quantitative estimate of drug-likeness (QED) is 0.539. The molecular weight excluding hydrogens is 408 g/mol. The Labute approximate surface area is 178 Å². The number of furan rings is 1. The van der Waals surface area contributed by atoms with Gasteiger partial charge in [-0.1, -0.05) is 54.1 Å². The van der Waals surface area contributed by atoms with Gasteiger partial charge in [-0.2, -0.15) is 0 Å². The number of hydrogen-bond acceptors (Lipinski definition) is 5. The number of carbonyl (C=O) groups excluding carboxylic acids is 3. The number of carbonyl (C=O) groups is 3. The van der Waals surface area contributed by atoms with Crippen molar-refractivity contribution in [3.63, 3.8) is 0 Å². The number of rotatable bonds is 8. The van der Waals surface area contributed by atoms with Crippen molar-refractivity contribution in [1.82, 2.24) is 10.6 Å². The maximum Gasteiger partial charge on any atom is 0.325 e. The molecule has 1 aromatic heterocycles. The molecule has 0 fully saturated rings. The monoisotopic (exact) mass is 426 g/mol. The molecule has 0 radical (unpaired) electrons. The SMILES string of the molecule is O=C(COC(=O)CNC(=O)c1ccco1)NC(c1ccccc1)c1ccc(Cl)cc1. The molecule has 1 heterocycles. The van der Waals surface area contributed by atoms with Crippen molar-refractivity contribution in [2.24, 2.45) is 0 Å². The Hall–Kier alpha value is -3.58. The summed E-state index contributed by atoms with van der Waals surface area (Å²) < 4.78 is 9.87. The second kappa shape index (κ2) is 10.3. The van der Waals surface area contributed by atoms with E-state index in [1.165, 1.54) is 12.3 Å². The lowest BCUT2D eigenvalue weighted by atomic mass is 9.99. The smallest absolute Gasteiger partial charge is 0.325 e. The van der Waals surface area contributed by atoms with Crippen LogP contribution in [0, 0.1) is 0 Å². The van der Waals surface area contributed by atoms with Gasteiger partial charge in [-0.25, -0.2) is 0 Å². The number of amides is 2. The molecule has 30 heavy (non-hydrogen) atoms. The number of halogens is 1. The Morgan fingerprint density at radius 1 is 0.933 bits per heavy atom. The van der Waals surface area contributed by atoms with Gasteiger partial charge in [-0.3, -0.25) is 14.4 Å². The first-order valence-corrected chi connectivity index (χ1v) is 9.48. The van der Waals surface area contributed by atoms with Crippen LogP contribution in [0.25, 0.3) is 0 Å². The molecule has 3 rings (SSSR count). The number of nitrogens with one attached hydrogen (secondary N) is 2. The van der Waals surface area contributed by atoms with Crippen LogP contribution in [0.3, 0.4) is 0 Å². The van der Waals surface area contributed by atoms with Crippen LogP contribution in [0.15, 0.2) is 77.4 Å². The molecule has 0 bridgehead atoms. The average Bonchev–Trinajstić information content (AvgIpc) is 3.31. The van der Waals surface area contributed by atoms with Gasteiger partial charge >= 0.3 is 5.97 Å². The summed E-state index contributed by atoms with van der Waals surface area (Å²) >= 11 is 5.96. The summed E-state index contributed by atoms with van der Waals surface area (Å²) in [7, 11) is 0. The van der Waals surface area contributed by atoms with E-state index < -0.39 is 30.4 Å². The van der Waals surface area contributed by atoms with E-state index in [0.29, 0.717) is 5.02 Å². The summed E-state index contributed by atoms with van der Waals surface area (Å²) in [5, 5.41) is 5.79. The minimum Gasteiger partial charge on any atom is -0.459 e. The molecule has 1 atom stereocenters. The van der Waals surface area contributed by atoms with Crippen molar-refractivity contribution >= 4 is 29.4 Å². The zero-order valence-corrected chi connectivity index (χ0v) is 16.6. The fourth-order valence-electron chi connectivity index (χ4n) is 2.71. The van der Waals surface area contributed by atoms with E-state index in [1.54, 1.807) is 18.2 Å². The highest BCUT2D eigenvalue weighted by atomic mass is 35.5. The molecule has 0 spiro atoms. The molecule has 0 aliphatic carbocycles. The molecule has 3 aromatic rings. The molecular formula is C22H19ClN2O5. The summed E-state index contributed by atoms with van der Waals surface area (Å²) in [6, 6.07) is 19.1. The fraction of sp³-hybridized carbons (Fsp3) is 0.136. The molecule has 0 aliphatic heterocycles. The van der Waals surface area contributed by atoms with Crippen LogP contribution in [0.4, 0.5) is 0 Å². The lowest BCUT2D eigenvalue weighted by molar-refractivity contribution is -0.147. The van der Waals surface area contributed by atoms with Gasteiger partial charge < -0.3 is 19.8 Å². The normalized spacial score (nSPS) is 11.4. The predicted molar refractivity (Wildman–Crippen MR) is 110 cm³/mol. The van der Waals surface area contributed by atoms with Crippen molar-refractivity contribution in [3.8, 4) is 0 Å². The third-order valence-corrected chi connectivity index (χ3v) is 4.40. The Balaban J connectivity index is 1.54. The molecule has 2 N–H and O–H groups in total. The average molecular weight is 427 g/mol. The van der Waals surface area contributed by atoms with Crippen molar-refractivity contribution in [2.75, 3.05) is 13.2 Å². The Bertz CT molecular complexity index is 988. The fourth-order valence-corrected chi connectivity index (χ4v) is 2.83. The predicted octanol–water partition coefficient (Wildman–Crippen LogP) is 3.11. The molecule has 1 unspecified atom stereocenters. The highest BCUT2D eigenvalue weighted by molar-refractivity contribution is 6.30. The standard InChI is InChI=1S/C22H19ClN2O5/c23-17-10-8-16(9-11-17)21(15-5-2-1-3-6-15)25-19(26)14-30-20(27)13-24-22(28)18-7-4-12-29-18/h1-12,21H,13-14H2,(H,24,28)(H,25,26). The molecule has 0 aliphatic rings. The lowest BCUT2D eigenvalue weighted by Crippen LogP contribution is -2.35. The Morgan fingerprint density at radius 2 is 1.63 bits per heavy atom. The zero-order valence-electron chi connectivity index (χ0n) is 15.8. The van der Waals surface area contributed by atoms with Crippen molar-refractivity contribution < 1.29 is 23.5 Å². The summed E-state index contributed by atoms with van der Waals surface area (Å²) in [4.78, 5) is 35.9. The summed E-state index contributed by atoms with van der Waals surface area (Å²) in [6.45, 7) is -0.863. The van der Waals surface area contributed by atoms with Crippen LogP contribution in [0.1, 0.15) is 27.7 Å².